The maximum atomic E-state index is 8.51. The van der Waals surface area contributed by atoms with E-state index >= 15 is 0 Å². The van der Waals surface area contributed by atoms with E-state index in [1.807, 2.05) is 31.5 Å². The highest BCUT2D eigenvalue weighted by Gasteiger charge is 2.12. The molecule has 74 valence electrons. The van der Waals surface area contributed by atoms with Crippen molar-refractivity contribution >= 4 is 5.70 Å². The smallest absolute Gasteiger partial charge is 0.0933 e. The molecule has 0 aliphatic carbocycles. The third-order valence-electron chi connectivity index (χ3n) is 2.19. The van der Waals surface area contributed by atoms with E-state index < -0.39 is 0 Å². The van der Waals surface area contributed by atoms with Crippen molar-refractivity contribution < 1.29 is 0 Å². The molecule has 2 N–H and O–H groups in total. The second kappa shape index (κ2) is 3.97. The van der Waals surface area contributed by atoms with Gasteiger partial charge in [0, 0.05) is 23.9 Å². The lowest BCUT2D eigenvalue weighted by atomic mass is 10.1. The van der Waals surface area contributed by atoms with Gasteiger partial charge >= 0.3 is 0 Å². The van der Waals surface area contributed by atoms with Crippen molar-refractivity contribution in [3.05, 3.63) is 23.0 Å². The van der Waals surface area contributed by atoms with E-state index in [4.69, 9.17) is 11.0 Å². The van der Waals surface area contributed by atoms with Gasteiger partial charge in [0.25, 0.3) is 0 Å². The Labute approximate surface area is 83.6 Å². The zero-order chi connectivity index (χ0) is 10.7. The van der Waals surface area contributed by atoms with Gasteiger partial charge in [-0.05, 0) is 20.8 Å². The Balaban J connectivity index is 3.29. The predicted molar refractivity (Wildman–Crippen MR) is 55.2 cm³/mol. The molecule has 4 heteroatoms. The molecule has 0 fully saturated rings. The highest BCUT2D eigenvalue weighted by molar-refractivity contribution is 5.68. The lowest BCUT2D eigenvalue weighted by Gasteiger charge is -2.01. The molecule has 1 rings (SSSR count). The standard InChI is InChI=1S/C10H14N4/c1-4-14-8(3)10(7(2)13-14)9(12)5-6-11/h5H,4,12H2,1-3H3/b9-5+. The molecule has 0 aliphatic rings. The van der Waals surface area contributed by atoms with Crippen LogP contribution >= 0.6 is 0 Å². The molecule has 1 heterocycles. The number of nitriles is 1. The van der Waals surface area contributed by atoms with Crippen molar-refractivity contribution in [1.82, 2.24) is 9.78 Å². The van der Waals surface area contributed by atoms with Crippen LogP contribution in [0, 0.1) is 25.2 Å². The van der Waals surface area contributed by atoms with Crippen molar-refractivity contribution in [3.8, 4) is 6.07 Å². The summed E-state index contributed by atoms with van der Waals surface area (Å²) in [6.07, 6.45) is 1.34. The fraction of sp³-hybridized carbons (Fsp3) is 0.400. The summed E-state index contributed by atoms with van der Waals surface area (Å²) < 4.78 is 1.88. The number of aromatic nitrogens is 2. The van der Waals surface area contributed by atoms with Crippen molar-refractivity contribution in [1.29, 1.82) is 5.26 Å². The quantitative estimate of drug-likeness (QED) is 0.715. The third-order valence-corrected chi connectivity index (χ3v) is 2.19. The highest BCUT2D eigenvalue weighted by atomic mass is 15.3. The summed E-state index contributed by atoms with van der Waals surface area (Å²) >= 11 is 0. The summed E-state index contributed by atoms with van der Waals surface area (Å²) in [5, 5.41) is 12.8. The second-order valence-electron chi connectivity index (χ2n) is 3.09. The third kappa shape index (κ3) is 1.62. The number of rotatable bonds is 2. The first-order valence-corrected chi connectivity index (χ1v) is 4.51. The van der Waals surface area contributed by atoms with Crippen molar-refractivity contribution in [2.75, 3.05) is 0 Å². The minimum absolute atomic E-state index is 0.488. The summed E-state index contributed by atoms with van der Waals surface area (Å²) in [4.78, 5) is 0. The Hall–Kier alpha value is -1.76. The lowest BCUT2D eigenvalue weighted by Crippen LogP contribution is -2.01. The lowest BCUT2D eigenvalue weighted by molar-refractivity contribution is 0.634. The van der Waals surface area contributed by atoms with Crippen LogP contribution in [0.2, 0.25) is 0 Å². The van der Waals surface area contributed by atoms with Crippen molar-refractivity contribution in [2.24, 2.45) is 5.73 Å². The van der Waals surface area contributed by atoms with E-state index in [-0.39, 0.29) is 0 Å². The first kappa shape index (κ1) is 10.3. The zero-order valence-corrected chi connectivity index (χ0v) is 8.70. The molecule has 0 aromatic carbocycles. The number of hydrogen-bond acceptors (Lipinski definition) is 3. The van der Waals surface area contributed by atoms with Crippen LogP contribution in [0.25, 0.3) is 5.70 Å². The largest absolute Gasteiger partial charge is 0.398 e. The predicted octanol–water partition coefficient (Wildman–Crippen LogP) is 1.34. The van der Waals surface area contributed by atoms with Gasteiger partial charge in [-0.15, -0.1) is 0 Å². The van der Waals surface area contributed by atoms with Crippen LogP contribution in [0.3, 0.4) is 0 Å². The molecule has 14 heavy (non-hydrogen) atoms. The molecule has 0 aliphatic heterocycles. The van der Waals surface area contributed by atoms with Crippen molar-refractivity contribution in [3.63, 3.8) is 0 Å². The first-order valence-electron chi connectivity index (χ1n) is 4.51. The molecule has 0 saturated carbocycles. The fourth-order valence-electron chi connectivity index (χ4n) is 1.56. The van der Waals surface area contributed by atoms with E-state index in [2.05, 4.69) is 5.10 Å². The molecule has 1 aromatic heterocycles. The summed E-state index contributed by atoms with van der Waals surface area (Å²) in [6, 6.07) is 1.92. The van der Waals surface area contributed by atoms with Crippen LogP contribution in [0.1, 0.15) is 23.9 Å². The Bertz CT molecular complexity index is 406. The monoisotopic (exact) mass is 190 g/mol. The fourth-order valence-corrected chi connectivity index (χ4v) is 1.56. The van der Waals surface area contributed by atoms with E-state index in [0.29, 0.717) is 5.70 Å². The highest BCUT2D eigenvalue weighted by Crippen LogP contribution is 2.18. The number of nitrogens with zero attached hydrogens (tertiary/aromatic N) is 3. The molecule has 1 aromatic rings. The van der Waals surface area contributed by atoms with Gasteiger partial charge in [0.2, 0.25) is 0 Å². The van der Waals surface area contributed by atoms with Gasteiger partial charge in [-0.2, -0.15) is 10.4 Å². The summed E-state index contributed by atoms with van der Waals surface area (Å²) in [7, 11) is 0. The van der Waals surface area contributed by atoms with Gasteiger partial charge in [-0.1, -0.05) is 0 Å². The molecule has 0 amide bonds. The molecular weight excluding hydrogens is 176 g/mol. The van der Waals surface area contributed by atoms with Crippen LogP contribution in [-0.4, -0.2) is 9.78 Å². The maximum absolute atomic E-state index is 8.51. The normalized spacial score (nSPS) is 11.4. The summed E-state index contributed by atoms with van der Waals surface area (Å²) in [6.45, 7) is 6.68. The topological polar surface area (TPSA) is 67.6 Å². The second-order valence-corrected chi connectivity index (χ2v) is 3.09. The molecule has 0 atom stereocenters. The molecule has 0 saturated heterocycles. The molecular formula is C10H14N4. The number of aryl methyl sites for hydroxylation is 2. The maximum Gasteiger partial charge on any atom is 0.0933 e. The molecule has 0 unspecified atom stereocenters. The number of nitrogens with two attached hydrogens (primary N) is 1. The molecule has 0 radical (unpaired) electrons. The van der Waals surface area contributed by atoms with Crippen LogP contribution < -0.4 is 5.73 Å². The summed E-state index contributed by atoms with van der Waals surface area (Å²) in [5.74, 6) is 0. The SMILES string of the molecule is CCn1nc(C)c(/C(N)=C\C#N)c1C. The van der Waals surface area contributed by atoms with Crippen molar-refractivity contribution in [2.45, 2.75) is 27.3 Å². The van der Waals surface area contributed by atoms with Crippen LogP contribution in [0.15, 0.2) is 6.08 Å². The molecule has 0 bridgehead atoms. The number of allylic oxidation sites excluding steroid dienone is 1. The Morgan fingerprint density at radius 3 is 2.71 bits per heavy atom. The average Bonchev–Trinajstić information content (AvgIpc) is 2.41. The van der Waals surface area contributed by atoms with E-state index in [1.54, 1.807) is 0 Å². The molecule has 0 spiro atoms. The Morgan fingerprint density at radius 1 is 1.64 bits per heavy atom. The van der Waals surface area contributed by atoms with Gasteiger partial charge in [0.15, 0.2) is 0 Å². The van der Waals surface area contributed by atoms with Gasteiger partial charge in [-0.25, -0.2) is 0 Å². The van der Waals surface area contributed by atoms with Gasteiger partial charge in [0.1, 0.15) is 0 Å². The zero-order valence-electron chi connectivity index (χ0n) is 8.70. The minimum Gasteiger partial charge on any atom is -0.398 e. The molecule has 4 nitrogen and oxygen atoms in total. The van der Waals surface area contributed by atoms with E-state index in [0.717, 1.165) is 23.5 Å². The van der Waals surface area contributed by atoms with Crippen LogP contribution in [0.5, 0.6) is 0 Å². The average molecular weight is 190 g/mol. The van der Waals surface area contributed by atoms with Gasteiger partial charge in [0.05, 0.1) is 17.5 Å². The number of hydrogen-bond donors (Lipinski definition) is 1. The van der Waals surface area contributed by atoms with Gasteiger partial charge in [-0.3, -0.25) is 4.68 Å². The summed E-state index contributed by atoms with van der Waals surface area (Å²) in [5.41, 5.74) is 9.01. The first-order chi connectivity index (χ1) is 6.61. The Kier molecular flexibility index (Phi) is 2.92. The van der Waals surface area contributed by atoms with E-state index in [9.17, 15) is 0 Å². The Morgan fingerprint density at radius 2 is 2.29 bits per heavy atom. The van der Waals surface area contributed by atoms with Gasteiger partial charge < -0.3 is 5.73 Å². The van der Waals surface area contributed by atoms with Crippen LogP contribution in [-0.2, 0) is 6.54 Å². The minimum atomic E-state index is 0.488. The van der Waals surface area contributed by atoms with E-state index in [1.165, 1.54) is 6.08 Å². The van der Waals surface area contributed by atoms with Crippen LogP contribution in [0.4, 0.5) is 0 Å².